The summed E-state index contributed by atoms with van der Waals surface area (Å²) < 4.78 is 21.6. The third-order valence-electron chi connectivity index (χ3n) is 5.88. The summed E-state index contributed by atoms with van der Waals surface area (Å²) in [4.78, 5) is 27.2. The molecule has 1 amide bonds. The number of nitrogens with one attached hydrogen (secondary N) is 1. The molecule has 1 saturated heterocycles. The van der Waals surface area contributed by atoms with Crippen LogP contribution in [0.4, 0.5) is 11.4 Å². The quantitative estimate of drug-likeness (QED) is 0.324. The lowest BCUT2D eigenvalue weighted by molar-refractivity contribution is -0.118. The minimum absolute atomic E-state index is 0.0944. The van der Waals surface area contributed by atoms with Crippen LogP contribution in [0.2, 0.25) is 0 Å². The van der Waals surface area contributed by atoms with E-state index >= 15 is 0 Å². The van der Waals surface area contributed by atoms with Crippen molar-refractivity contribution in [2.75, 3.05) is 57.3 Å². The van der Waals surface area contributed by atoms with Crippen LogP contribution >= 0.6 is 0 Å². The summed E-state index contributed by atoms with van der Waals surface area (Å²) >= 11 is 0. The topological polar surface area (TPSA) is 86.3 Å². The first-order valence-electron chi connectivity index (χ1n) is 12.0. The number of methoxy groups -OCH3 is 2. The van der Waals surface area contributed by atoms with Gasteiger partial charge in [0.15, 0.2) is 23.9 Å². The predicted molar refractivity (Wildman–Crippen MR) is 143 cm³/mol. The molecule has 0 aliphatic carbocycles. The molecule has 4 rings (SSSR count). The van der Waals surface area contributed by atoms with Crippen LogP contribution in [0.15, 0.2) is 72.8 Å². The Morgan fingerprint density at radius 1 is 0.919 bits per heavy atom. The fraction of sp³-hybridized carbons (Fsp3) is 0.241. The maximum atomic E-state index is 12.7. The highest BCUT2D eigenvalue weighted by atomic mass is 16.5. The van der Waals surface area contributed by atoms with E-state index in [2.05, 4.69) is 10.2 Å². The summed E-state index contributed by atoms with van der Waals surface area (Å²) in [6, 6.07) is 19.9. The molecular weight excluding hydrogens is 472 g/mol. The number of morpholine rings is 1. The minimum atomic E-state index is -0.304. The molecule has 1 heterocycles. The summed E-state index contributed by atoms with van der Waals surface area (Å²) in [5.41, 5.74) is 3.11. The van der Waals surface area contributed by atoms with Gasteiger partial charge in [-0.25, -0.2) is 0 Å². The molecular formula is C29H30N2O6. The van der Waals surface area contributed by atoms with Crippen molar-refractivity contribution < 1.29 is 28.5 Å². The van der Waals surface area contributed by atoms with E-state index in [-0.39, 0.29) is 18.3 Å². The molecule has 1 N–H and O–H groups in total. The van der Waals surface area contributed by atoms with Crippen molar-refractivity contribution in [2.24, 2.45) is 0 Å². The molecule has 0 atom stereocenters. The molecule has 1 aliphatic heterocycles. The van der Waals surface area contributed by atoms with E-state index in [4.69, 9.17) is 18.9 Å². The summed E-state index contributed by atoms with van der Waals surface area (Å²) in [5, 5.41) is 2.77. The van der Waals surface area contributed by atoms with Gasteiger partial charge in [-0.15, -0.1) is 0 Å². The molecule has 3 aromatic rings. The highest BCUT2D eigenvalue weighted by Gasteiger charge is 2.12. The van der Waals surface area contributed by atoms with Crippen molar-refractivity contribution in [3.8, 4) is 17.2 Å². The Hall–Kier alpha value is -4.30. The molecule has 0 saturated carbocycles. The molecule has 192 valence electrons. The number of nitrogens with zero attached hydrogens (tertiary/aromatic N) is 1. The summed E-state index contributed by atoms with van der Waals surface area (Å²) in [6.45, 7) is 2.95. The third-order valence-corrected chi connectivity index (χ3v) is 5.88. The van der Waals surface area contributed by atoms with E-state index in [0.717, 1.165) is 24.3 Å². The number of hydrogen-bond acceptors (Lipinski definition) is 7. The molecule has 8 nitrogen and oxygen atoms in total. The van der Waals surface area contributed by atoms with Crippen LogP contribution in [0, 0.1) is 0 Å². The normalized spacial score (nSPS) is 13.3. The molecule has 1 aliphatic rings. The Labute approximate surface area is 216 Å². The smallest absolute Gasteiger partial charge is 0.262 e. The SMILES string of the molecule is COc1ccc(NC(=O)COc2ccc(C=CC(=O)c3ccc(N4CCOCC4)cc3)cc2OC)cc1. The number of carbonyl (C=O) groups is 2. The van der Waals surface area contributed by atoms with Gasteiger partial charge in [-0.2, -0.15) is 0 Å². The highest BCUT2D eigenvalue weighted by Crippen LogP contribution is 2.29. The number of carbonyl (C=O) groups excluding carboxylic acids is 2. The molecule has 1 fully saturated rings. The average Bonchev–Trinajstić information content (AvgIpc) is 2.96. The Morgan fingerprint density at radius 2 is 1.65 bits per heavy atom. The maximum Gasteiger partial charge on any atom is 0.262 e. The molecule has 37 heavy (non-hydrogen) atoms. The third kappa shape index (κ3) is 7.11. The molecule has 0 aromatic heterocycles. The van der Waals surface area contributed by atoms with Crippen molar-refractivity contribution in [3.05, 3.63) is 83.9 Å². The van der Waals surface area contributed by atoms with Crippen molar-refractivity contribution in [3.63, 3.8) is 0 Å². The van der Waals surface area contributed by atoms with E-state index in [1.54, 1.807) is 55.7 Å². The van der Waals surface area contributed by atoms with Crippen molar-refractivity contribution in [1.29, 1.82) is 0 Å². The Bertz CT molecular complexity index is 1230. The van der Waals surface area contributed by atoms with Crippen LogP contribution in [-0.2, 0) is 9.53 Å². The fourth-order valence-corrected chi connectivity index (χ4v) is 3.85. The van der Waals surface area contributed by atoms with E-state index in [0.29, 0.717) is 41.7 Å². The first kappa shape index (κ1) is 25.8. The Balaban J connectivity index is 1.32. The van der Waals surface area contributed by atoms with Crippen LogP contribution in [0.1, 0.15) is 15.9 Å². The van der Waals surface area contributed by atoms with Gasteiger partial charge >= 0.3 is 0 Å². The lowest BCUT2D eigenvalue weighted by Gasteiger charge is -2.28. The second kappa shape index (κ2) is 12.6. The standard InChI is InChI=1S/C29H30N2O6/c1-34-25-11-7-23(8-12-25)30-29(33)20-37-27-14-4-21(19-28(27)35-2)3-13-26(32)22-5-9-24(10-6-22)31-15-17-36-18-16-31/h3-14,19H,15-18,20H2,1-2H3,(H,30,33). The van der Waals surface area contributed by atoms with Crippen LogP contribution in [-0.4, -0.2) is 58.8 Å². The molecule has 3 aromatic carbocycles. The second-order valence-electron chi connectivity index (χ2n) is 8.32. The van der Waals surface area contributed by atoms with Gasteiger partial charge < -0.3 is 29.2 Å². The van der Waals surface area contributed by atoms with Gasteiger partial charge in [0.1, 0.15) is 5.75 Å². The van der Waals surface area contributed by atoms with E-state index in [9.17, 15) is 9.59 Å². The summed E-state index contributed by atoms with van der Waals surface area (Å²) in [6.07, 6.45) is 3.25. The second-order valence-corrected chi connectivity index (χ2v) is 8.32. The minimum Gasteiger partial charge on any atom is -0.497 e. The van der Waals surface area contributed by atoms with E-state index in [1.807, 2.05) is 24.3 Å². The molecule has 0 bridgehead atoms. The number of hydrogen-bond donors (Lipinski definition) is 1. The number of benzene rings is 3. The zero-order valence-corrected chi connectivity index (χ0v) is 20.9. The molecule has 8 heteroatoms. The lowest BCUT2D eigenvalue weighted by Crippen LogP contribution is -2.36. The Kier molecular flexibility index (Phi) is 8.78. The van der Waals surface area contributed by atoms with Crippen LogP contribution < -0.4 is 24.4 Å². The summed E-state index contributed by atoms with van der Waals surface area (Å²) in [7, 11) is 3.10. The van der Waals surface area contributed by atoms with Gasteiger partial charge in [-0.3, -0.25) is 9.59 Å². The molecule has 0 unspecified atom stereocenters. The number of ether oxygens (including phenoxy) is 4. The van der Waals surface area contributed by atoms with E-state index < -0.39 is 0 Å². The molecule has 0 spiro atoms. The zero-order chi connectivity index (χ0) is 26.0. The fourth-order valence-electron chi connectivity index (χ4n) is 3.85. The van der Waals surface area contributed by atoms with Crippen LogP contribution in [0.25, 0.3) is 6.08 Å². The van der Waals surface area contributed by atoms with E-state index in [1.165, 1.54) is 13.2 Å². The number of anilines is 2. The van der Waals surface area contributed by atoms with Gasteiger partial charge in [0.25, 0.3) is 5.91 Å². The van der Waals surface area contributed by atoms with Gasteiger partial charge in [0.2, 0.25) is 0 Å². The maximum absolute atomic E-state index is 12.7. The van der Waals surface area contributed by atoms with Crippen molar-refractivity contribution >= 4 is 29.1 Å². The predicted octanol–water partition coefficient (Wildman–Crippen LogP) is 4.45. The lowest BCUT2D eigenvalue weighted by atomic mass is 10.1. The van der Waals surface area contributed by atoms with Gasteiger partial charge in [0, 0.05) is 30.0 Å². The first-order valence-corrected chi connectivity index (χ1v) is 12.0. The van der Waals surface area contributed by atoms with Crippen LogP contribution in [0.3, 0.4) is 0 Å². The summed E-state index contributed by atoms with van der Waals surface area (Å²) in [5.74, 6) is 1.19. The largest absolute Gasteiger partial charge is 0.497 e. The number of ketones is 1. The van der Waals surface area contributed by atoms with Gasteiger partial charge in [-0.05, 0) is 72.3 Å². The molecule has 0 radical (unpaired) electrons. The average molecular weight is 503 g/mol. The number of allylic oxidation sites excluding steroid dienone is 1. The zero-order valence-electron chi connectivity index (χ0n) is 20.9. The highest BCUT2D eigenvalue weighted by molar-refractivity contribution is 6.07. The number of rotatable bonds is 10. The Morgan fingerprint density at radius 3 is 2.32 bits per heavy atom. The van der Waals surface area contributed by atoms with Gasteiger partial charge in [-0.1, -0.05) is 12.1 Å². The first-order chi connectivity index (χ1) is 18.1. The van der Waals surface area contributed by atoms with Crippen molar-refractivity contribution in [2.45, 2.75) is 0 Å². The monoisotopic (exact) mass is 502 g/mol. The van der Waals surface area contributed by atoms with Crippen LogP contribution in [0.5, 0.6) is 17.2 Å². The van der Waals surface area contributed by atoms with Crippen molar-refractivity contribution in [1.82, 2.24) is 0 Å². The number of amides is 1. The van der Waals surface area contributed by atoms with Gasteiger partial charge in [0.05, 0.1) is 27.4 Å².